The first-order chi connectivity index (χ1) is 9.24. The van der Waals surface area contributed by atoms with E-state index in [1.807, 2.05) is 0 Å². The molecule has 1 heterocycles. The van der Waals surface area contributed by atoms with Gasteiger partial charge in [-0.3, -0.25) is 4.79 Å². The molecule has 1 atom stereocenters. The van der Waals surface area contributed by atoms with Crippen LogP contribution in [0.4, 0.5) is 4.39 Å². The lowest BCUT2D eigenvalue weighted by molar-refractivity contribution is -0.120. The van der Waals surface area contributed by atoms with Crippen molar-refractivity contribution in [1.82, 2.24) is 10.6 Å². The minimum atomic E-state index is -0.252. The molecule has 1 amide bonds. The Bertz CT molecular complexity index is 402. The molecule has 4 nitrogen and oxygen atoms in total. The summed E-state index contributed by atoms with van der Waals surface area (Å²) in [5, 5.41) is 5.85. The molecule has 0 spiro atoms. The van der Waals surface area contributed by atoms with Gasteiger partial charge in [-0.1, -0.05) is 12.1 Å². The molecule has 1 unspecified atom stereocenters. The molecule has 0 saturated carbocycles. The number of rotatable bonds is 6. The first kappa shape index (κ1) is 14.0. The Kier molecular flexibility index (Phi) is 5.30. The van der Waals surface area contributed by atoms with Crippen molar-refractivity contribution >= 4 is 5.91 Å². The fraction of sp³-hybridized carbons (Fsp3) is 0.500. The number of carbonyl (C=O) groups excluding carboxylic acids is 1. The molecule has 1 aromatic rings. The number of nitrogens with one attached hydrogen (secondary N) is 2. The van der Waals surface area contributed by atoms with E-state index >= 15 is 0 Å². The number of amides is 1. The van der Waals surface area contributed by atoms with Gasteiger partial charge in [-0.25, -0.2) is 4.39 Å². The molecule has 0 radical (unpaired) electrons. The standard InChI is InChI=1S/C14H19FN2O2/c15-12-5-3-11(4-6-12)8-16-10-14(18)17-9-13-2-1-7-19-13/h3-6,13,16H,1-2,7-10H2,(H,17,18). The van der Waals surface area contributed by atoms with Gasteiger partial charge >= 0.3 is 0 Å². The number of benzene rings is 1. The van der Waals surface area contributed by atoms with Crippen molar-refractivity contribution in [2.45, 2.75) is 25.5 Å². The molecule has 0 bridgehead atoms. The normalized spacial score (nSPS) is 18.5. The first-order valence-electron chi connectivity index (χ1n) is 6.57. The molecule has 1 saturated heterocycles. The second-order valence-electron chi connectivity index (χ2n) is 4.67. The van der Waals surface area contributed by atoms with E-state index in [0.29, 0.717) is 13.1 Å². The summed E-state index contributed by atoms with van der Waals surface area (Å²) in [5.41, 5.74) is 0.952. The van der Waals surface area contributed by atoms with E-state index in [4.69, 9.17) is 4.74 Å². The van der Waals surface area contributed by atoms with Crippen molar-refractivity contribution in [2.24, 2.45) is 0 Å². The highest BCUT2D eigenvalue weighted by Crippen LogP contribution is 2.10. The molecular weight excluding hydrogens is 247 g/mol. The molecule has 1 aliphatic heterocycles. The second-order valence-corrected chi connectivity index (χ2v) is 4.67. The smallest absolute Gasteiger partial charge is 0.234 e. The van der Waals surface area contributed by atoms with Crippen LogP contribution in [0.2, 0.25) is 0 Å². The summed E-state index contributed by atoms with van der Waals surface area (Å²) in [6.45, 7) is 2.18. The van der Waals surface area contributed by atoms with Crippen LogP contribution >= 0.6 is 0 Å². The number of ether oxygens (including phenoxy) is 1. The Morgan fingerprint density at radius 3 is 2.84 bits per heavy atom. The van der Waals surface area contributed by atoms with Crippen LogP contribution in [0.15, 0.2) is 24.3 Å². The molecular formula is C14H19FN2O2. The quantitative estimate of drug-likeness (QED) is 0.813. The second kappa shape index (κ2) is 7.21. The maximum Gasteiger partial charge on any atom is 0.234 e. The molecule has 104 valence electrons. The van der Waals surface area contributed by atoms with Crippen LogP contribution in [0.3, 0.4) is 0 Å². The third-order valence-electron chi connectivity index (χ3n) is 3.08. The van der Waals surface area contributed by atoms with Gasteiger partial charge in [0.15, 0.2) is 0 Å². The van der Waals surface area contributed by atoms with E-state index in [9.17, 15) is 9.18 Å². The predicted octanol–water partition coefficient (Wildman–Crippen LogP) is 1.21. The summed E-state index contributed by atoms with van der Waals surface area (Å²) in [6, 6.07) is 6.22. The largest absolute Gasteiger partial charge is 0.376 e. The van der Waals surface area contributed by atoms with E-state index in [-0.39, 0.29) is 24.4 Å². The summed E-state index contributed by atoms with van der Waals surface area (Å²) in [5.74, 6) is -0.296. The van der Waals surface area contributed by atoms with Crippen LogP contribution in [-0.4, -0.2) is 31.7 Å². The van der Waals surface area contributed by atoms with Gasteiger partial charge in [-0.05, 0) is 30.5 Å². The van der Waals surface area contributed by atoms with Gasteiger partial charge in [0.05, 0.1) is 12.6 Å². The summed E-state index contributed by atoms with van der Waals surface area (Å²) < 4.78 is 18.1. The van der Waals surface area contributed by atoms with Gasteiger partial charge in [-0.2, -0.15) is 0 Å². The summed E-state index contributed by atoms with van der Waals surface area (Å²) in [7, 11) is 0. The summed E-state index contributed by atoms with van der Waals surface area (Å²) in [4.78, 5) is 11.6. The predicted molar refractivity (Wildman–Crippen MR) is 70.1 cm³/mol. The SMILES string of the molecule is O=C(CNCc1ccc(F)cc1)NCC1CCCO1. The molecule has 0 aliphatic carbocycles. The van der Waals surface area contributed by atoms with E-state index in [1.54, 1.807) is 12.1 Å². The third-order valence-corrected chi connectivity index (χ3v) is 3.08. The Labute approximate surface area is 112 Å². The van der Waals surface area contributed by atoms with Gasteiger partial charge in [0.25, 0.3) is 0 Å². The number of carbonyl (C=O) groups is 1. The number of hydrogen-bond acceptors (Lipinski definition) is 3. The van der Waals surface area contributed by atoms with Crippen molar-refractivity contribution in [3.63, 3.8) is 0 Å². The molecule has 1 aromatic carbocycles. The van der Waals surface area contributed by atoms with E-state index in [1.165, 1.54) is 12.1 Å². The van der Waals surface area contributed by atoms with Crippen LogP contribution in [-0.2, 0) is 16.1 Å². The minimum Gasteiger partial charge on any atom is -0.376 e. The average molecular weight is 266 g/mol. The lowest BCUT2D eigenvalue weighted by Crippen LogP contribution is -2.37. The minimum absolute atomic E-state index is 0.0439. The van der Waals surface area contributed by atoms with Crippen molar-refractivity contribution < 1.29 is 13.9 Å². The number of halogens is 1. The van der Waals surface area contributed by atoms with Crippen LogP contribution in [0, 0.1) is 5.82 Å². The maximum atomic E-state index is 12.7. The maximum absolute atomic E-state index is 12.7. The molecule has 0 aromatic heterocycles. The van der Waals surface area contributed by atoms with Crippen molar-refractivity contribution in [3.05, 3.63) is 35.6 Å². The zero-order valence-corrected chi connectivity index (χ0v) is 10.8. The van der Waals surface area contributed by atoms with E-state index < -0.39 is 0 Å². The lowest BCUT2D eigenvalue weighted by Gasteiger charge is -2.11. The highest BCUT2D eigenvalue weighted by molar-refractivity contribution is 5.77. The molecule has 2 rings (SSSR count). The highest BCUT2D eigenvalue weighted by atomic mass is 19.1. The first-order valence-corrected chi connectivity index (χ1v) is 6.57. The fourth-order valence-electron chi connectivity index (χ4n) is 2.02. The fourth-order valence-corrected chi connectivity index (χ4v) is 2.02. The van der Waals surface area contributed by atoms with Gasteiger partial charge in [0, 0.05) is 19.7 Å². The van der Waals surface area contributed by atoms with Gasteiger partial charge < -0.3 is 15.4 Å². The van der Waals surface area contributed by atoms with Crippen LogP contribution in [0.5, 0.6) is 0 Å². The Balaban J connectivity index is 1.59. The molecule has 2 N–H and O–H groups in total. The average Bonchev–Trinajstić information content (AvgIpc) is 2.92. The Hall–Kier alpha value is -1.46. The van der Waals surface area contributed by atoms with Gasteiger partial charge in [-0.15, -0.1) is 0 Å². The van der Waals surface area contributed by atoms with Crippen LogP contribution in [0.25, 0.3) is 0 Å². The molecule has 19 heavy (non-hydrogen) atoms. The van der Waals surface area contributed by atoms with Crippen LogP contribution < -0.4 is 10.6 Å². The molecule has 1 aliphatic rings. The van der Waals surface area contributed by atoms with Crippen molar-refractivity contribution in [2.75, 3.05) is 19.7 Å². The van der Waals surface area contributed by atoms with E-state index in [2.05, 4.69) is 10.6 Å². The summed E-state index contributed by atoms with van der Waals surface area (Å²) in [6.07, 6.45) is 2.26. The number of hydrogen-bond donors (Lipinski definition) is 2. The zero-order valence-electron chi connectivity index (χ0n) is 10.8. The third kappa shape index (κ3) is 4.96. The lowest BCUT2D eigenvalue weighted by atomic mass is 10.2. The highest BCUT2D eigenvalue weighted by Gasteiger charge is 2.15. The zero-order chi connectivity index (χ0) is 13.5. The van der Waals surface area contributed by atoms with Gasteiger partial charge in [0.2, 0.25) is 5.91 Å². The van der Waals surface area contributed by atoms with E-state index in [0.717, 1.165) is 25.0 Å². The topological polar surface area (TPSA) is 50.4 Å². The van der Waals surface area contributed by atoms with Crippen molar-refractivity contribution in [3.8, 4) is 0 Å². The summed E-state index contributed by atoms with van der Waals surface area (Å²) >= 11 is 0. The monoisotopic (exact) mass is 266 g/mol. The Morgan fingerprint density at radius 2 is 2.16 bits per heavy atom. The Morgan fingerprint density at radius 1 is 1.37 bits per heavy atom. The molecule has 1 fully saturated rings. The van der Waals surface area contributed by atoms with Crippen LogP contribution in [0.1, 0.15) is 18.4 Å². The van der Waals surface area contributed by atoms with Gasteiger partial charge in [0.1, 0.15) is 5.82 Å². The van der Waals surface area contributed by atoms with Crippen molar-refractivity contribution in [1.29, 1.82) is 0 Å². The molecule has 5 heteroatoms.